The van der Waals surface area contributed by atoms with E-state index in [2.05, 4.69) is 25.4 Å². The third-order valence-electron chi connectivity index (χ3n) is 1.58. The Hall–Kier alpha value is -0.720. The summed E-state index contributed by atoms with van der Waals surface area (Å²) in [7, 11) is 1.88. The molecule has 0 radical (unpaired) electrons. The highest BCUT2D eigenvalue weighted by atomic mass is 14.8. The van der Waals surface area contributed by atoms with E-state index >= 15 is 0 Å². The molecule has 0 aliphatic heterocycles. The van der Waals surface area contributed by atoms with Crippen LogP contribution in [0.4, 0.5) is 0 Å². The molecule has 0 spiro atoms. The summed E-state index contributed by atoms with van der Waals surface area (Å²) in [5.41, 5.74) is 2.18. The van der Waals surface area contributed by atoms with Crippen LogP contribution in [-0.2, 0) is 0 Å². The Bertz CT molecular complexity index is 125. The average molecular weight is 125 g/mol. The van der Waals surface area contributed by atoms with Gasteiger partial charge < -0.3 is 5.32 Å². The van der Waals surface area contributed by atoms with E-state index in [-0.39, 0.29) is 0 Å². The first kappa shape index (κ1) is 8.28. The molecule has 1 atom stereocenters. The Balaban J connectivity index is 3.88. The van der Waals surface area contributed by atoms with Gasteiger partial charge in [0.15, 0.2) is 0 Å². The van der Waals surface area contributed by atoms with Crippen molar-refractivity contribution in [3.8, 4) is 0 Å². The maximum absolute atomic E-state index is 3.82. The fraction of sp³-hybridized carbons (Fsp3) is 0.500. The predicted octanol–water partition coefficient (Wildman–Crippen LogP) is 1.93. The van der Waals surface area contributed by atoms with Crippen molar-refractivity contribution in [1.29, 1.82) is 0 Å². The fourth-order valence-corrected chi connectivity index (χ4v) is 0.514. The van der Waals surface area contributed by atoms with Gasteiger partial charge >= 0.3 is 0 Å². The molecule has 0 aliphatic rings. The quantitative estimate of drug-likeness (QED) is 0.568. The van der Waals surface area contributed by atoms with Crippen LogP contribution in [0.1, 0.15) is 13.8 Å². The molecule has 0 aromatic rings. The van der Waals surface area contributed by atoms with Crippen molar-refractivity contribution < 1.29 is 0 Å². The second-order valence-electron chi connectivity index (χ2n) is 2.34. The SMILES string of the molecule is C=C(C)C(C)C(=C)NC. The molecule has 1 unspecified atom stereocenters. The van der Waals surface area contributed by atoms with Crippen LogP contribution in [-0.4, -0.2) is 7.05 Å². The zero-order valence-electron chi connectivity index (χ0n) is 6.49. The first-order valence-corrected chi connectivity index (χ1v) is 3.11. The van der Waals surface area contributed by atoms with Gasteiger partial charge in [-0.15, -0.1) is 0 Å². The van der Waals surface area contributed by atoms with Crippen LogP contribution in [0.3, 0.4) is 0 Å². The van der Waals surface area contributed by atoms with E-state index in [0.717, 1.165) is 11.3 Å². The van der Waals surface area contributed by atoms with Gasteiger partial charge in [-0.25, -0.2) is 0 Å². The lowest BCUT2D eigenvalue weighted by Gasteiger charge is -2.13. The maximum Gasteiger partial charge on any atom is 0.0156 e. The number of nitrogens with one attached hydrogen (secondary N) is 1. The Morgan fingerprint density at radius 2 is 1.89 bits per heavy atom. The van der Waals surface area contributed by atoms with E-state index in [0.29, 0.717) is 5.92 Å². The molecule has 0 fully saturated rings. The zero-order chi connectivity index (χ0) is 7.44. The summed E-state index contributed by atoms with van der Waals surface area (Å²) in [6.07, 6.45) is 0. The summed E-state index contributed by atoms with van der Waals surface area (Å²) in [6.45, 7) is 11.7. The van der Waals surface area contributed by atoms with Crippen LogP contribution < -0.4 is 5.32 Å². The molecule has 0 aromatic carbocycles. The highest BCUT2D eigenvalue weighted by molar-refractivity contribution is 5.10. The maximum atomic E-state index is 3.82. The minimum absolute atomic E-state index is 0.384. The normalized spacial score (nSPS) is 12.3. The Kier molecular flexibility index (Phi) is 3.07. The smallest absolute Gasteiger partial charge is 0.0156 e. The number of rotatable bonds is 3. The molecule has 0 bridgehead atoms. The standard InChI is InChI=1S/C8H15N/c1-6(2)7(3)8(4)9-5/h7,9H,1,4H2,2-3,5H3. The molecule has 0 saturated heterocycles. The number of hydrogen-bond donors (Lipinski definition) is 1. The second kappa shape index (κ2) is 3.33. The summed E-state index contributed by atoms with van der Waals surface area (Å²) in [4.78, 5) is 0. The third-order valence-corrected chi connectivity index (χ3v) is 1.58. The van der Waals surface area contributed by atoms with E-state index in [9.17, 15) is 0 Å². The lowest BCUT2D eigenvalue weighted by atomic mass is 10.0. The van der Waals surface area contributed by atoms with E-state index in [1.54, 1.807) is 0 Å². The van der Waals surface area contributed by atoms with Crippen molar-refractivity contribution in [1.82, 2.24) is 5.32 Å². The van der Waals surface area contributed by atoms with Crippen LogP contribution in [0.15, 0.2) is 24.4 Å². The van der Waals surface area contributed by atoms with E-state index in [4.69, 9.17) is 0 Å². The van der Waals surface area contributed by atoms with Gasteiger partial charge in [-0.1, -0.05) is 25.7 Å². The molecule has 0 saturated carbocycles. The summed E-state index contributed by atoms with van der Waals surface area (Å²) >= 11 is 0. The van der Waals surface area contributed by atoms with Crippen molar-refractivity contribution >= 4 is 0 Å². The van der Waals surface area contributed by atoms with Crippen LogP contribution in [0.2, 0.25) is 0 Å². The fourth-order valence-electron chi connectivity index (χ4n) is 0.514. The minimum Gasteiger partial charge on any atom is -0.391 e. The molecule has 1 nitrogen and oxygen atoms in total. The molecule has 0 aromatic heterocycles. The van der Waals surface area contributed by atoms with E-state index < -0.39 is 0 Å². The molecule has 0 amide bonds. The van der Waals surface area contributed by atoms with Gasteiger partial charge in [0.25, 0.3) is 0 Å². The molecular weight excluding hydrogens is 110 g/mol. The first-order valence-electron chi connectivity index (χ1n) is 3.11. The summed E-state index contributed by atoms with van der Waals surface area (Å²) in [5.74, 6) is 0.384. The van der Waals surface area contributed by atoms with Gasteiger partial charge in [0.05, 0.1) is 0 Å². The summed E-state index contributed by atoms with van der Waals surface area (Å²) in [5, 5.41) is 2.99. The van der Waals surface area contributed by atoms with Gasteiger partial charge in [-0.2, -0.15) is 0 Å². The van der Waals surface area contributed by atoms with Crippen molar-refractivity contribution in [2.75, 3.05) is 7.05 Å². The monoisotopic (exact) mass is 125 g/mol. The number of hydrogen-bond acceptors (Lipinski definition) is 1. The first-order chi connectivity index (χ1) is 4.09. The van der Waals surface area contributed by atoms with Crippen molar-refractivity contribution in [3.63, 3.8) is 0 Å². The van der Waals surface area contributed by atoms with Crippen molar-refractivity contribution in [2.24, 2.45) is 5.92 Å². The zero-order valence-corrected chi connectivity index (χ0v) is 6.49. The van der Waals surface area contributed by atoms with E-state index in [1.165, 1.54) is 0 Å². The molecule has 1 N–H and O–H groups in total. The van der Waals surface area contributed by atoms with Crippen LogP contribution in [0, 0.1) is 5.92 Å². The third kappa shape index (κ3) is 2.36. The minimum atomic E-state index is 0.384. The lowest BCUT2D eigenvalue weighted by molar-refractivity contribution is 0.732. The Labute approximate surface area is 57.5 Å². The molecule has 52 valence electrons. The molecule has 0 heterocycles. The molecule has 1 heteroatoms. The number of allylic oxidation sites excluding steroid dienone is 1. The summed E-state index contributed by atoms with van der Waals surface area (Å²) in [6, 6.07) is 0. The van der Waals surface area contributed by atoms with Crippen LogP contribution in [0.25, 0.3) is 0 Å². The highest BCUT2D eigenvalue weighted by Crippen LogP contribution is 2.12. The predicted molar refractivity (Wildman–Crippen MR) is 42.2 cm³/mol. The molecule has 0 rings (SSSR count). The van der Waals surface area contributed by atoms with Gasteiger partial charge in [-0.3, -0.25) is 0 Å². The van der Waals surface area contributed by atoms with Crippen molar-refractivity contribution in [3.05, 3.63) is 24.4 Å². The topological polar surface area (TPSA) is 12.0 Å². The Morgan fingerprint density at radius 1 is 1.44 bits per heavy atom. The van der Waals surface area contributed by atoms with Gasteiger partial charge in [0, 0.05) is 18.7 Å². The van der Waals surface area contributed by atoms with E-state index in [1.807, 2.05) is 14.0 Å². The van der Waals surface area contributed by atoms with Gasteiger partial charge in [-0.05, 0) is 6.92 Å². The molecule has 0 aliphatic carbocycles. The largest absolute Gasteiger partial charge is 0.391 e. The highest BCUT2D eigenvalue weighted by Gasteiger charge is 2.03. The molecular formula is C8H15N. The average Bonchev–Trinajstić information content (AvgIpc) is 1.84. The lowest BCUT2D eigenvalue weighted by Crippen LogP contribution is -2.12. The van der Waals surface area contributed by atoms with Crippen LogP contribution in [0.5, 0.6) is 0 Å². The van der Waals surface area contributed by atoms with Gasteiger partial charge in [0.1, 0.15) is 0 Å². The van der Waals surface area contributed by atoms with Gasteiger partial charge in [0.2, 0.25) is 0 Å². The molecule has 9 heavy (non-hydrogen) atoms. The van der Waals surface area contributed by atoms with Crippen LogP contribution >= 0.6 is 0 Å². The second-order valence-corrected chi connectivity index (χ2v) is 2.34. The van der Waals surface area contributed by atoms with Crippen molar-refractivity contribution in [2.45, 2.75) is 13.8 Å². The Morgan fingerprint density at radius 3 is 2.00 bits per heavy atom. The summed E-state index contributed by atoms with van der Waals surface area (Å²) < 4.78 is 0.